The van der Waals surface area contributed by atoms with E-state index in [4.69, 9.17) is 5.73 Å². The maximum atomic E-state index is 5.79. The van der Waals surface area contributed by atoms with Gasteiger partial charge in [-0.1, -0.05) is 37.6 Å². The Balaban J connectivity index is 2.09. The smallest absolute Gasteiger partial charge is 0.0360 e. The third kappa shape index (κ3) is 3.33. The first-order chi connectivity index (χ1) is 8.85. The summed E-state index contributed by atoms with van der Waals surface area (Å²) in [6.45, 7) is 5.48. The Labute approximate surface area is 111 Å². The van der Waals surface area contributed by atoms with E-state index in [1.54, 1.807) is 0 Å². The van der Waals surface area contributed by atoms with Gasteiger partial charge in [-0.05, 0) is 56.4 Å². The van der Waals surface area contributed by atoms with Crippen LogP contribution in [0.25, 0.3) is 0 Å². The van der Waals surface area contributed by atoms with Gasteiger partial charge in [0.2, 0.25) is 0 Å². The second-order valence-corrected chi connectivity index (χ2v) is 5.33. The Kier molecular flexibility index (Phi) is 5.21. The molecular formula is C16H26N2. The van der Waals surface area contributed by atoms with Gasteiger partial charge in [0.05, 0.1) is 0 Å². The van der Waals surface area contributed by atoms with E-state index < -0.39 is 0 Å². The number of benzene rings is 1. The van der Waals surface area contributed by atoms with E-state index in [0.29, 0.717) is 6.04 Å². The largest absolute Gasteiger partial charge is 0.330 e. The van der Waals surface area contributed by atoms with Crippen LogP contribution in [0.15, 0.2) is 24.3 Å². The van der Waals surface area contributed by atoms with E-state index >= 15 is 0 Å². The molecule has 2 nitrogen and oxygen atoms in total. The Morgan fingerprint density at radius 2 is 1.83 bits per heavy atom. The fourth-order valence-corrected chi connectivity index (χ4v) is 2.97. The normalized spacial score (nSPS) is 18.1. The van der Waals surface area contributed by atoms with Crippen molar-refractivity contribution in [2.75, 3.05) is 19.6 Å². The first-order valence-corrected chi connectivity index (χ1v) is 7.38. The average Bonchev–Trinajstić information content (AvgIpc) is 2.91. The molecule has 1 aliphatic heterocycles. The standard InChI is InChI=1S/C16H26N2/c1-2-5-14-6-8-15(9-7-14)16(10-11-17)18-12-3-4-13-18/h6-9,16H,2-5,10-13,17H2,1H3. The molecule has 1 unspecified atom stereocenters. The number of hydrogen-bond acceptors (Lipinski definition) is 2. The van der Waals surface area contributed by atoms with Crippen molar-refractivity contribution in [3.05, 3.63) is 35.4 Å². The molecule has 0 amide bonds. The zero-order chi connectivity index (χ0) is 12.8. The van der Waals surface area contributed by atoms with Crippen molar-refractivity contribution in [2.24, 2.45) is 5.73 Å². The topological polar surface area (TPSA) is 29.3 Å². The summed E-state index contributed by atoms with van der Waals surface area (Å²) >= 11 is 0. The molecule has 1 aliphatic rings. The number of nitrogens with zero attached hydrogens (tertiary/aromatic N) is 1. The number of rotatable bonds is 6. The number of hydrogen-bond donors (Lipinski definition) is 1. The van der Waals surface area contributed by atoms with Crippen molar-refractivity contribution in [1.82, 2.24) is 4.90 Å². The van der Waals surface area contributed by atoms with E-state index in [0.717, 1.165) is 13.0 Å². The highest BCUT2D eigenvalue weighted by Gasteiger charge is 2.22. The second-order valence-electron chi connectivity index (χ2n) is 5.33. The number of aryl methyl sites for hydroxylation is 1. The highest BCUT2D eigenvalue weighted by molar-refractivity contribution is 5.25. The Morgan fingerprint density at radius 3 is 2.39 bits per heavy atom. The molecule has 0 saturated carbocycles. The highest BCUT2D eigenvalue weighted by Crippen LogP contribution is 2.27. The van der Waals surface area contributed by atoms with Gasteiger partial charge in [-0.2, -0.15) is 0 Å². The van der Waals surface area contributed by atoms with Gasteiger partial charge in [0.1, 0.15) is 0 Å². The van der Waals surface area contributed by atoms with Crippen LogP contribution in [0.3, 0.4) is 0 Å². The Morgan fingerprint density at radius 1 is 1.17 bits per heavy atom. The van der Waals surface area contributed by atoms with Crippen molar-refractivity contribution < 1.29 is 0 Å². The number of likely N-dealkylation sites (tertiary alicyclic amines) is 1. The van der Waals surface area contributed by atoms with Gasteiger partial charge >= 0.3 is 0 Å². The summed E-state index contributed by atoms with van der Waals surface area (Å²) in [5.41, 5.74) is 8.68. The second kappa shape index (κ2) is 6.91. The van der Waals surface area contributed by atoms with E-state index in [-0.39, 0.29) is 0 Å². The third-order valence-corrected chi connectivity index (χ3v) is 3.92. The van der Waals surface area contributed by atoms with Crippen LogP contribution < -0.4 is 5.73 Å². The predicted molar refractivity (Wildman–Crippen MR) is 77.7 cm³/mol. The average molecular weight is 246 g/mol. The molecule has 1 aromatic rings. The van der Waals surface area contributed by atoms with Gasteiger partial charge in [0.25, 0.3) is 0 Å². The summed E-state index contributed by atoms with van der Waals surface area (Å²) in [5, 5.41) is 0. The van der Waals surface area contributed by atoms with Gasteiger partial charge < -0.3 is 5.73 Å². The monoisotopic (exact) mass is 246 g/mol. The SMILES string of the molecule is CCCc1ccc(C(CCN)N2CCCC2)cc1. The molecule has 0 radical (unpaired) electrons. The third-order valence-electron chi connectivity index (χ3n) is 3.92. The fourth-order valence-electron chi connectivity index (χ4n) is 2.97. The van der Waals surface area contributed by atoms with E-state index in [9.17, 15) is 0 Å². The zero-order valence-electron chi connectivity index (χ0n) is 11.6. The van der Waals surface area contributed by atoms with Gasteiger partial charge in [-0.25, -0.2) is 0 Å². The molecule has 0 aromatic heterocycles. The van der Waals surface area contributed by atoms with Crippen LogP contribution in [0.1, 0.15) is 49.8 Å². The van der Waals surface area contributed by atoms with E-state index in [1.807, 2.05) is 0 Å². The molecule has 1 fully saturated rings. The lowest BCUT2D eigenvalue weighted by Gasteiger charge is -2.27. The number of nitrogens with two attached hydrogens (primary N) is 1. The van der Waals surface area contributed by atoms with Gasteiger partial charge in [-0.3, -0.25) is 4.90 Å². The van der Waals surface area contributed by atoms with Gasteiger partial charge in [0, 0.05) is 6.04 Å². The predicted octanol–water partition coefficient (Wildman–Crippen LogP) is 3.12. The molecule has 1 atom stereocenters. The minimum atomic E-state index is 0.535. The molecule has 0 aliphatic carbocycles. The molecule has 0 spiro atoms. The molecule has 1 heterocycles. The van der Waals surface area contributed by atoms with Gasteiger partial charge in [-0.15, -0.1) is 0 Å². The van der Waals surface area contributed by atoms with Crippen LogP contribution >= 0.6 is 0 Å². The first kappa shape index (κ1) is 13.6. The van der Waals surface area contributed by atoms with E-state index in [1.165, 1.54) is 49.9 Å². The Hall–Kier alpha value is -0.860. The zero-order valence-corrected chi connectivity index (χ0v) is 11.6. The van der Waals surface area contributed by atoms with E-state index in [2.05, 4.69) is 36.1 Å². The van der Waals surface area contributed by atoms with Crippen molar-refractivity contribution >= 4 is 0 Å². The maximum absolute atomic E-state index is 5.79. The summed E-state index contributed by atoms with van der Waals surface area (Å²) in [5.74, 6) is 0. The minimum Gasteiger partial charge on any atom is -0.330 e. The Bertz CT molecular complexity index is 339. The molecule has 2 heteroatoms. The lowest BCUT2D eigenvalue weighted by atomic mass is 9.99. The molecule has 2 rings (SSSR count). The van der Waals surface area contributed by atoms with Crippen molar-refractivity contribution in [1.29, 1.82) is 0 Å². The minimum absolute atomic E-state index is 0.535. The molecule has 18 heavy (non-hydrogen) atoms. The van der Waals surface area contributed by atoms with Crippen LogP contribution in [-0.4, -0.2) is 24.5 Å². The molecule has 1 aromatic carbocycles. The quantitative estimate of drug-likeness (QED) is 0.835. The summed E-state index contributed by atoms with van der Waals surface area (Å²) in [4.78, 5) is 2.60. The van der Waals surface area contributed by atoms with Crippen LogP contribution in [0.2, 0.25) is 0 Å². The molecular weight excluding hydrogens is 220 g/mol. The first-order valence-electron chi connectivity index (χ1n) is 7.38. The summed E-state index contributed by atoms with van der Waals surface area (Å²) in [6, 6.07) is 9.73. The molecule has 100 valence electrons. The summed E-state index contributed by atoms with van der Waals surface area (Å²) in [6.07, 6.45) is 6.17. The summed E-state index contributed by atoms with van der Waals surface area (Å²) < 4.78 is 0. The maximum Gasteiger partial charge on any atom is 0.0360 e. The molecule has 2 N–H and O–H groups in total. The van der Waals surface area contributed by atoms with Crippen LogP contribution in [0.5, 0.6) is 0 Å². The van der Waals surface area contributed by atoms with Crippen molar-refractivity contribution in [3.63, 3.8) is 0 Å². The lowest BCUT2D eigenvalue weighted by molar-refractivity contribution is 0.236. The lowest BCUT2D eigenvalue weighted by Crippen LogP contribution is -2.27. The summed E-state index contributed by atoms with van der Waals surface area (Å²) in [7, 11) is 0. The molecule has 0 bridgehead atoms. The van der Waals surface area contributed by atoms with Crippen molar-refractivity contribution in [2.45, 2.75) is 45.1 Å². The van der Waals surface area contributed by atoms with Crippen LogP contribution in [0, 0.1) is 0 Å². The highest BCUT2D eigenvalue weighted by atomic mass is 15.2. The fraction of sp³-hybridized carbons (Fsp3) is 0.625. The molecule has 1 saturated heterocycles. The van der Waals surface area contributed by atoms with Crippen molar-refractivity contribution in [3.8, 4) is 0 Å². The van der Waals surface area contributed by atoms with Gasteiger partial charge in [0.15, 0.2) is 0 Å². The van der Waals surface area contributed by atoms with Crippen LogP contribution in [0.4, 0.5) is 0 Å². The van der Waals surface area contributed by atoms with Crippen LogP contribution in [-0.2, 0) is 6.42 Å².